The first kappa shape index (κ1) is 14.2. The van der Waals surface area contributed by atoms with E-state index in [-0.39, 0.29) is 17.9 Å². The van der Waals surface area contributed by atoms with E-state index in [1.165, 1.54) is 6.20 Å². The van der Waals surface area contributed by atoms with Gasteiger partial charge in [0.2, 0.25) is 0 Å². The molecule has 0 spiro atoms. The molecule has 2 aromatic heterocycles. The molecule has 8 nitrogen and oxygen atoms in total. The molecule has 2 aromatic rings. The van der Waals surface area contributed by atoms with Crippen molar-refractivity contribution >= 4 is 16.9 Å². The van der Waals surface area contributed by atoms with Crippen molar-refractivity contribution in [3.8, 4) is 0 Å². The molecule has 0 saturated heterocycles. The highest BCUT2D eigenvalue weighted by Crippen LogP contribution is 2.05. The van der Waals surface area contributed by atoms with Crippen LogP contribution in [-0.4, -0.2) is 45.8 Å². The third-order valence-corrected chi connectivity index (χ3v) is 2.68. The summed E-state index contributed by atoms with van der Waals surface area (Å²) in [5.41, 5.74) is 0.389. The van der Waals surface area contributed by atoms with Crippen LogP contribution in [0.15, 0.2) is 17.2 Å². The van der Waals surface area contributed by atoms with E-state index in [1.807, 2.05) is 0 Å². The second kappa shape index (κ2) is 6.80. The van der Waals surface area contributed by atoms with Gasteiger partial charge in [0.25, 0.3) is 5.56 Å². The van der Waals surface area contributed by atoms with Crippen LogP contribution < -0.4 is 5.56 Å². The minimum Gasteiger partial charge on any atom is -0.466 e. The number of carbonyl (C=O) groups is 1. The Kier molecular flexibility index (Phi) is 4.83. The molecule has 0 aliphatic carbocycles. The molecule has 20 heavy (non-hydrogen) atoms. The Morgan fingerprint density at radius 2 is 2.25 bits per heavy atom. The van der Waals surface area contributed by atoms with Crippen molar-refractivity contribution in [3.63, 3.8) is 0 Å². The molecule has 2 rings (SSSR count). The topological polar surface area (TPSA) is 99.1 Å². The molecular formula is C12H16N4O4. The lowest BCUT2D eigenvalue weighted by Crippen LogP contribution is -2.12. The van der Waals surface area contributed by atoms with E-state index in [4.69, 9.17) is 9.47 Å². The molecule has 0 aliphatic heterocycles. The fraction of sp³-hybridized carbons (Fsp3) is 0.500. The van der Waals surface area contributed by atoms with Crippen molar-refractivity contribution in [1.82, 2.24) is 20.0 Å². The number of fused-ring (bicyclic) bond motifs is 1. The maximum Gasteiger partial charge on any atom is 0.308 e. The first-order valence-electron chi connectivity index (χ1n) is 6.35. The summed E-state index contributed by atoms with van der Waals surface area (Å²) in [5, 5.41) is 10.7. The molecule has 0 fully saturated rings. The molecule has 0 bridgehead atoms. The Morgan fingerprint density at radius 3 is 3.05 bits per heavy atom. The van der Waals surface area contributed by atoms with E-state index >= 15 is 0 Å². The van der Waals surface area contributed by atoms with E-state index in [0.717, 1.165) is 0 Å². The van der Waals surface area contributed by atoms with Gasteiger partial charge in [-0.05, 0) is 6.92 Å². The Balaban J connectivity index is 1.80. The van der Waals surface area contributed by atoms with Crippen LogP contribution in [0, 0.1) is 0 Å². The summed E-state index contributed by atoms with van der Waals surface area (Å²) in [6.07, 6.45) is 3.27. The summed E-state index contributed by atoms with van der Waals surface area (Å²) < 4.78 is 11.8. The van der Waals surface area contributed by atoms with Crippen LogP contribution in [0.5, 0.6) is 0 Å². The van der Waals surface area contributed by atoms with Gasteiger partial charge >= 0.3 is 5.97 Å². The third-order valence-electron chi connectivity index (χ3n) is 2.68. The highest BCUT2D eigenvalue weighted by Gasteiger charge is 2.06. The van der Waals surface area contributed by atoms with Crippen molar-refractivity contribution < 1.29 is 14.3 Å². The molecule has 0 amide bonds. The van der Waals surface area contributed by atoms with Gasteiger partial charge in [-0.15, -0.1) is 0 Å². The van der Waals surface area contributed by atoms with E-state index in [1.54, 1.807) is 17.8 Å². The van der Waals surface area contributed by atoms with Crippen molar-refractivity contribution in [3.05, 3.63) is 22.7 Å². The lowest BCUT2D eigenvalue weighted by molar-refractivity contribution is -0.144. The SMILES string of the molecule is CCOC(=O)CCOCCn1ncc2c(=O)[nH]ncc21. The lowest BCUT2D eigenvalue weighted by Gasteiger charge is -2.05. The normalized spacial score (nSPS) is 10.8. The molecule has 2 heterocycles. The smallest absolute Gasteiger partial charge is 0.308 e. The minimum atomic E-state index is -0.271. The highest BCUT2D eigenvalue weighted by atomic mass is 16.5. The second-order valence-corrected chi connectivity index (χ2v) is 4.03. The van der Waals surface area contributed by atoms with Gasteiger partial charge in [-0.3, -0.25) is 14.3 Å². The van der Waals surface area contributed by atoms with Crippen molar-refractivity contribution in [2.24, 2.45) is 0 Å². The highest BCUT2D eigenvalue weighted by molar-refractivity contribution is 5.76. The van der Waals surface area contributed by atoms with E-state index in [0.29, 0.717) is 37.3 Å². The van der Waals surface area contributed by atoms with Gasteiger partial charge in [0.15, 0.2) is 0 Å². The Morgan fingerprint density at radius 1 is 1.40 bits per heavy atom. The van der Waals surface area contributed by atoms with Gasteiger partial charge in [-0.2, -0.15) is 10.2 Å². The molecule has 0 radical (unpaired) electrons. The minimum absolute atomic E-state index is 0.231. The fourth-order valence-corrected chi connectivity index (χ4v) is 1.74. The average Bonchev–Trinajstić information content (AvgIpc) is 2.83. The van der Waals surface area contributed by atoms with Crippen LogP contribution in [-0.2, 0) is 20.8 Å². The largest absolute Gasteiger partial charge is 0.466 e. The van der Waals surface area contributed by atoms with Gasteiger partial charge in [0.1, 0.15) is 0 Å². The maximum absolute atomic E-state index is 11.5. The quantitative estimate of drug-likeness (QED) is 0.570. The number of hydrogen-bond donors (Lipinski definition) is 1. The molecule has 108 valence electrons. The number of carbonyl (C=O) groups excluding carboxylic acids is 1. The molecule has 1 N–H and O–H groups in total. The molecule has 0 aliphatic rings. The number of esters is 1. The maximum atomic E-state index is 11.5. The number of aromatic amines is 1. The van der Waals surface area contributed by atoms with E-state index in [9.17, 15) is 9.59 Å². The summed E-state index contributed by atoms with van der Waals surface area (Å²) in [6, 6.07) is 0. The number of H-pyrrole nitrogens is 1. The zero-order chi connectivity index (χ0) is 14.4. The van der Waals surface area contributed by atoms with Gasteiger partial charge in [0.05, 0.1) is 56.1 Å². The molecule has 0 aromatic carbocycles. The van der Waals surface area contributed by atoms with Gasteiger partial charge in [0, 0.05) is 0 Å². The van der Waals surface area contributed by atoms with Crippen LogP contribution in [0.3, 0.4) is 0 Å². The monoisotopic (exact) mass is 280 g/mol. The standard InChI is InChI=1S/C12H16N4O4/c1-2-20-11(17)3-5-19-6-4-16-10-8-13-15-12(18)9(10)7-14-16/h7-8H,2-6H2,1H3,(H,15,18). The van der Waals surface area contributed by atoms with Crippen LogP contribution in [0.4, 0.5) is 0 Å². The molecule has 0 unspecified atom stereocenters. The number of nitrogens with one attached hydrogen (secondary N) is 1. The van der Waals surface area contributed by atoms with Gasteiger partial charge in [-0.1, -0.05) is 0 Å². The van der Waals surface area contributed by atoms with E-state index < -0.39 is 0 Å². The fourth-order valence-electron chi connectivity index (χ4n) is 1.74. The lowest BCUT2D eigenvalue weighted by atomic mass is 10.4. The Bertz CT molecular complexity index is 634. The van der Waals surface area contributed by atoms with Crippen molar-refractivity contribution in [1.29, 1.82) is 0 Å². The van der Waals surface area contributed by atoms with Crippen LogP contribution >= 0.6 is 0 Å². The Labute approximate surface area is 114 Å². The summed E-state index contributed by atoms with van der Waals surface area (Å²) in [7, 11) is 0. The second-order valence-electron chi connectivity index (χ2n) is 4.03. The summed E-state index contributed by atoms with van der Waals surface area (Å²) in [4.78, 5) is 22.5. The zero-order valence-corrected chi connectivity index (χ0v) is 11.2. The van der Waals surface area contributed by atoms with Gasteiger partial charge in [-0.25, -0.2) is 5.10 Å². The molecule has 0 saturated carbocycles. The Hall–Kier alpha value is -2.22. The van der Waals surface area contributed by atoms with Crippen molar-refractivity contribution in [2.45, 2.75) is 19.9 Å². The van der Waals surface area contributed by atoms with Gasteiger partial charge < -0.3 is 9.47 Å². The first-order chi connectivity index (χ1) is 9.72. The number of ether oxygens (including phenoxy) is 2. The predicted molar refractivity (Wildman–Crippen MR) is 70.2 cm³/mol. The van der Waals surface area contributed by atoms with Crippen molar-refractivity contribution in [2.75, 3.05) is 19.8 Å². The summed E-state index contributed by atoms with van der Waals surface area (Å²) >= 11 is 0. The molecule has 0 atom stereocenters. The average molecular weight is 280 g/mol. The predicted octanol–water partition coefficient (Wildman–Crippen LogP) is 0.0894. The number of aromatic nitrogens is 4. The first-order valence-corrected chi connectivity index (χ1v) is 6.35. The number of rotatable bonds is 7. The molecule has 8 heteroatoms. The number of nitrogens with zero attached hydrogens (tertiary/aromatic N) is 3. The van der Waals surface area contributed by atoms with Crippen LogP contribution in [0.25, 0.3) is 10.9 Å². The van der Waals surface area contributed by atoms with E-state index in [2.05, 4.69) is 15.3 Å². The van der Waals surface area contributed by atoms with Crippen LogP contribution in [0.2, 0.25) is 0 Å². The zero-order valence-electron chi connectivity index (χ0n) is 11.2. The number of hydrogen-bond acceptors (Lipinski definition) is 6. The third kappa shape index (κ3) is 3.41. The summed E-state index contributed by atoms with van der Waals surface area (Å²) in [5.74, 6) is -0.271. The molecular weight excluding hydrogens is 264 g/mol. The van der Waals surface area contributed by atoms with Crippen LogP contribution in [0.1, 0.15) is 13.3 Å². The summed E-state index contributed by atoms with van der Waals surface area (Å²) in [6.45, 7) is 3.31.